The molecule has 0 saturated heterocycles. The van der Waals surface area contributed by atoms with Crippen molar-refractivity contribution in [2.75, 3.05) is 20.3 Å². The molecule has 1 rings (SSSR count). The molecule has 0 saturated carbocycles. The zero-order valence-electron chi connectivity index (χ0n) is 12.0. The van der Waals surface area contributed by atoms with Gasteiger partial charge in [-0.3, -0.25) is 4.79 Å². The number of rotatable bonds is 6. The molecule has 0 aliphatic heterocycles. The van der Waals surface area contributed by atoms with Crippen LogP contribution in [0, 0.1) is 0 Å². The summed E-state index contributed by atoms with van der Waals surface area (Å²) in [6.07, 6.45) is 0. The minimum Gasteiger partial charge on any atom is -0.383 e. The summed E-state index contributed by atoms with van der Waals surface area (Å²) < 4.78 is 5.89. The Morgan fingerprint density at radius 3 is 2.70 bits per heavy atom. The van der Waals surface area contributed by atoms with Crippen LogP contribution in [0.4, 0.5) is 0 Å². The molecule has 0 aliphatic carbocycles. The third-order valence-corrected chi connectivity index (χ3v) is 3.49. The summed E-state index contributed by atoms with van der Waals surface area (Å²) in [5, 5.41) is 2.87. The van der Waals surface area contributed by atoms with Crippen LogP contribution in [0.25, 0.3) is 0 Å². The van der Waals surface area contributed by atoms with Crippen molar-refractivity contribution in [1.82, 2.24) is 5.32 Å². The lowest BCUT2D eigenvalue weighted by molar-refractivity contribution is -0.123. The Morgan fingerprint density at radius 1 is 1.50 bits per heavy atom. The summed E-state index contributed by atoms with van der Waals surface area (Å²) >= 11 is 3.45. The summed E-state index contributed by atoms with van der Waals surface area (Å²) in [6, 6.07) is 7.45. The lowest BCUT2D eigenvalue weighted by Gasteiger charge is -2.26. The lowest BCUT2D eigenvalue weighted by Crippen LogP contribution is -2.47. The van der Waals surface area contributed by atoms with E-state index in [0.717, 1.165) is 10.0 Å². The number of halogens is 2. The predicted molar refractivity (Wildman–Crippen MR) is 87.3 cm³/mol. The Hall–Kier alpha value is -0.620. The number of ether oxygens (including phenoxy) is 1. The second kappa shape index (κ2) is 8.62. The lowest BCUT2D eigenvalue weighted by atomic mass is 9.84. The molecule has 1 atom stereocenters. The standard InChI is InChI=1S/C14H21BrN2O2.ClH/c1-14(2,10-5-4-6-11(15)7-10)9-17-13(18)12(16)8-19-3;/h4-7,12H,8-9,16H2,1-3H3,(H,17,18);1H. The van der Waals surface area contributed by atoms with Crippen LogP contribution in [-0.4, -0.2) is 32.2 Å². The van der Waals surface area contributed by atoms with Crippen molar-refractivity contribution in [2.45, 2.75) is 25.3 Å². The van der Waals surface area contributed by atoms with Gasteiger partial charge in [0.15, 0.2) is 0 Å². The van der Waals surface area contributed by atoms with Crippen LogP contribution in [0.3, 0.4) is 0 Å². The Balaban J connectivity index is 0.00000361. The first-order valence-corrected chi connectivity index (χ1v) is 6.94. The molecule has 1 aromatic rings. The number of methoxy groups -OCH3 is 1. The highest BCUT2D eigenvalue weighted by molar-refractivity contribution is 9.10. The summed E-state index contributed by atoms with van der Waals surface area (Å²) in [7, 11) is 1.53. The molecule has 1 unspecified atom stereocenters. The Morgan fingerprint density at radius 2 is 2.15 bits per heavy atom. The number of carbonyl (C=O) groups is 1. The third-order valence-electron chi connectivity index (χ3n) is 2.99. The summed E-state index contributed by atoms with van der Waals surface area (Å²) in [5.74, 6) is -0.190. The maximum Gasteiger partial charge on any atom is 0.239 e. The zero-order chi connectivity index (χ0) is 14.5. The van der Waals surface area contributed by atoms with E-state index in [9.17, 15) is 4.79 Å². The van der Waals surface area contributed by atoms with E-state index in [0.29, 0.717) is 6.54 Å². The predicted octanol–water partition coefficient (Wildman–Crippen LogP) is 2.24. The fourth-order valence-corrected chi connectivity index (χ4v) is 2.11. The molecule has 0 aliphatic rings. The van der Waals surface area contributed by atoms with Gasteiger partial charge >= 0.3 is 0 Å². The SMILES string of the molecule is COCC(N)C(=O)NCC(C)(C)c1cccc(Br)c1.Cl. The van der Waals surface area contributed by atoms with E-state index in [2.05, 4.69) is 41.2 Å². The number of hydrogen-bond donors (Lipinski definition) is 2. The maximum absolute atomic E-state index is 11.8. The van der Waals surface area contributed by atoms with Crippen molar-refractivity contribution < 1.29 is 9.53 Å². The average molecular weight is 366 g/mol. The van der Waals surface area contributed by atoms with Crippen LogP contribution in [0.15, 0.2) is 28.7 Å². The van der Waals surface area contributed by atoms with Gasteiger partial charge in [0.05, 0.1) is 6.61 Å². The van der Waals surface area contributed by atoms with Crippen LogP contribution >= 0.6 is 28.3 Å². The fourth-order valence-electron chi connectivity index (χ4n) is 1.71. The van der Waals surface area contributed by atoms with E-state index in [1.807, 2.05) is 18.2 Å². The number of carbonyl (C=O) groups excluding carboxylic acids is 1. The van der Waals surface area contributed by atoms with E-state index in [1.165, 1.54) is 7.11 Å². The van der Waals surface area contributed by atoms with Crippen molar-refractivity contribution in [1.29, 1.82) is 0 Å². The van der Waals surface area contributed by atoms with Crippen molar-refractivity contribution in [3.05, 3.63) is 34.3 Å². The molecule has 20 heavy (non-hydrogen) atoms. The van der Waals surface area contributed by atoms with Crippen LogP contribution in [0.1, 0.15) is 19.4 Å². The normalized spacial score (nSPS) is 12.4. The van der Waals surface area contributed by atoms with Gasteiger partial charge in [-0.1, -0.05) is 41.9 Å². The Bertz CT molecular complexity index is 441. The molecule has 0 aromatic heterocycles. The zero-order valence-corrected chi connectivity index (χ0v) is 14.4. The van der Waals surface area contributed by atoms with E-state index < -0.39 is 6.04 Å². The second-order valence-electron chi connectivity index (χ2n) is 5.17. The number of nitrogens with two attached hydrogens (primary N) is 1. The summed E-state index contributed by atoms with van der Waals surface area (Å²) in [4.78, 5) is 11.8. The van der Waals surface area contributed by atoms with Gasteiger partial charge in [0.1, 0.15) is 6.04 Å². The average Bonchev–Trinajstić information content (AvgIpc) is 2.36. The minimum absolute atomic E-state index is 0. The summed E-state index contributed by atoms with van der Waals surface area (Å²) in [6.45, 7) is 4.91. The highest BCUT2D eigenvalue weighted by Crippen LogP contribution is 2.24. The number of nitrogens with one attached hydrogen (secondary N) is 1. The Labute approximate surface area is 135 Å². The van der Waals surface area contributed by atoms with Crippen LogP contribution in [0.5, 0.6) is 0 Å². The molecule has 6 heteroatoms. The van der Waals surface area contributed by atoms with Crippen molar-refractivity contribution in [3.63, 3.8) is 0 Å². The summed E-state index contributed by atoms with van der Waals surface area (Å²) in [5.41, 5.74) is 6.67. The highest BCUT2D eigenvalue weighted by atomic mass is 79.9. The van der Waals surface area contributed by atoms with Crippen molar-refractivity contribution >= 4 is 34.2 Å². The smallest absolute Gasteiger partial charge is 0.239 e. The molecule has 1 amide bonds. The minimum atomic E-state index is -0.622. The molecule has 4 nitrogen and oxygen atoms in total. The number of hydrogen-bond acceptors (Lipinski definition) is 3. The maximum atomic E-state index is 11.8. The molecule has 0 bridgehead atoms. The molecule has 0 heterocycles. The molecule has 3 N–H and O–H groups in total. The number of benzene rings is 1. The first-order valence-electron chi connectivity index (χ1n) is 6.15. The molecule has 114 valence electrons. The van der Waals surface area contributed by atoms with Gasteiger partial charge in [0, 0.05) is 23.5 Å². The highest BCUT2D eigenvalue weighted by Gasteiger charge is 2.23. The van der Waals surface area contributed by atoms with E-state index in [1.54, 1.807) is 0 Å². The molecule has 0 radical (unpaired) electrons. The largest absolute Gasteiger partial charge is 0.383 e. The quantitative estimate of drug-likeness (QED) is 0.812. The first-order chi connectivity index (χ1) is 8.86. The fraction of sp³-hybridized carbons (Fsp3) is 0.500. The topological polar surface area (TPSA) is 64.3 Å². The van der Waals surface area contributed by atoms with Gasteiger partial charge in [-0.05, 0) is 17.7 Å². The van der Waals surface area contributed by atoms with Crippen LogP contribution in [-0.2, 0) is 14.9 Å². The molecule has 0 fully saturated rings. The third kappa shape index (κ3) is 5.79. The van der Waals surface area contributed by atoms with Crippen molar-refractivity contribution in [2.24, 2.45) is 5.73 Å². The molecule has 0 spiro atoms. The molecule has 1 aromatic carbocycles. The monoisotopic (exact) mass is 364 g/mol. The van der Waals surface area contributed by atoms with E-state index >= 15 is 0 Å². The van der Waals surface area contributed by atoms with Gasteiger partial charge in [0.2, 0.25) is 5.91 Å². The van der Waals surface area contributed by atoms with Gasteiger partial charge in [0.25, 0.3) is 0 Å². The van der Waals surface area contributed by atoms with Crippen LogP contribution < -0.4 is 11.1 Å². The Kier molecular flexibility index (Phi) is 8.35. The molecular weight excluding hydrogens is 344 g/mol. The van der Waals surface area contributed by atoms with Gasteiger partial charge < -0.3 is 15.8 Å². The molecular formula is C14H22BrClN2O2. The number of amides is 1. The van der Waals surface area contributed by atoms with Gasteiger partial charge in [-0.2, -0.15) is 0 Å². The second-order valence-corrected chi connectivity index (χ2v) is 6.09. The van der Waals surface area contributed by atoms with Crippen LogP contribution in [0.2, 0.25) is 0 Å². The van der Waals surface area contributed by atoms with Gasteiger partial charge in [-0.15, -0.1) is 12.4 Å². The van der Waals surface area contributed by atoms with E-state index in [4.69, 9.17) is 10.5 Å². The first kappa shape index (κ1) is 19.4. The van der Waals surface area contributed by atoms with Crippen molar-refractivity contribution in [3.8, 4) is 0 Å². The van der Waals surface area contributed by atoms with E-state index in [-0.39, 0.29) is 30.3 Å². The van der Waals surface area contributed by atoms with Gasteiger partial charge in [-0.25, -0.2) is 0 Å².